The molecular weight excluding hydrogens is 229 g/mol. The molecule has 1 aliphatic rings. The second-order valence-electron chi connectivity index (χ2n) is 5.50. The zero-order valence-corrected chi connectivity index (χ0v) is 10.3. The molecule has 96 valence electrons. The molecule has 5 heteroatoms. The van der Waals surface area contributed by atoms with Crippen LogP contribution in [0, 0.1) is 0 Å². The molecule has 1 aromatic rings. The summed E-state index contributed by atoms with van der Waals surface area (Å²) < 4.78 is 39.4. The Morgan fingerprint density at radius 2 is 1.76 bits per heavy atom. The van der Waals surface area contributed by atoms with E-state index in [1.54, 1.807) is 4.57 Å². The summed E-state index contributed by atoms with van der Waals surface area (Å²) in [7, 11) is 0. The van der Waals surface area contributed by atoms with Crippen LogP contribution < -0.4 is 0 Å². The van der Waals surface area contributed by atoms with E-state index in [2.05, 4.69) is 25.7 Å². The fourth-order valence-electron chi connectivity index (χ4n) is 2.13. The van der Waals surface area contributed by atoms with Gasteiger partial charge in [-0.15, -0.1) is 0 Å². The molecule has 0 N–H and O–H groups in total. The number of fused-ring (bicyclic) bond motifs is 1. The van der Waals surface area contributed by atoms with Gasteiger partial charge in [-0.2, -0.15) is 13.2 Å². The van der Waals surface area contributed by atoms with E-state index in [9.17, 15) is 13.2 Å². The highest BCUT2D eigenvalue weighted by molar-refractivity contribution is 5.23. The van der Waals surface area contributed by atoms with Gasteiger partial charge in [-0.1, -0.05) is 0 Å². The van der Waals surface area contributed by atoms with Crippen molar-refractivity contribution in [1.82, 2.24) is 9.47 Å². The normalized spacial score (nSPS) is 18.2. The van der Waals surface area contributed by atoms with Crippen LogP contribution in [0.25, 0.3) is 0 Å². The molecule has 0 aliphatic carbocycles. The minimum absolute atomic E-state index is 0.00604. The van der Waals surface area contributed by atoms with Gasteiger partial charge in [0, 0.05) is 37.1 Å². The van der Waals surface area contributed by atoms with Crippen molar-refractivity contribution in [3.8, 4) is 0 Å². The first-order chi connectivity index (χ1) is 7.68. The summed E-state index contributed by atoms with van der Waals surface area (Å²) >= 11 is 0. The lowest BCUT2D eigenvalue weighted by Gasteiger charge is -2.38. The number of hydrogen-bond donors (Lipinski definition) is 0. The van der Waals surface area contributed by atoms with E-state index < -0.39 is 11.7 Å². The van der Waals surface area contributed by atoms with Crippen LogP contribution in [0.2, 0.25) is 0 Å². The maximum absolute atomic E-state index is 12.6. The van der Waals surface area contributed by atoms with E-state index in [4.69, 9.17) is 0 Å². The Kier molecular flexibility index (Phi) is 2.77. The van der Waals surface area contributed by atoms with Crippen molar-refractivity contribution in [2.75, 3.05) is 6.54 Å². The van der Waals surface area contributed by atoms with Crippen molar-refractivity contribution in [2.45, 2.75) is 45.6 Å². The molecule has 17 heavy (non-hydrogen) atoms. The highest BCUT2D eigenvalue weighted by Crippen LogP contribution is 2.32. The van der Waals surface area contributed by atoms with Crippen molar-refractivity contribution in [2.24, 2.45) is 0 Å². The van der Waals surface area contributed by atoms with Crippen molar-refractivity contribution in [3.05, 3.63) is 23.5 Å². The molecule has 0 fully saturated rings. The highest BCUT2D eigenvalue weighted by Gasteiger charge is 2.34. The number of rotatable bonds is 0. The molecule has 0 radical (unpaired) electrons. The third-order valence-electron chi connectivity index (χ3n) is 3.23. The maximum atomic E-state index is 12.6. The fourth-order valence-corrected chi connectivity index (χ4v) is 2.13. The van der Waals surface area contributed by atoms with Crippen molar-refractivity contribution in [3.63, 3.8) is 0 Å². The summed E-state index contributed by atoms with van der Waals surface area (Å²) in [6.07, 6.45) is -3.02. The highest BCUT2D eigenvalue weighted by atomic mass is 19.4. The lowest BCUT2D eigenvalue weighted by molar-refractivity contribution is -0.137. The largest absolute Gasteiger partial charge is 0.417 e. The summed E-state index contributed by atoms with van der Waals surface area (Å²) in [6, 6.07) is 1.26. The first-order valence-corrected chi connectivity index (χ1v) is 5.69. The topological polar surface area (TPSA) is 8.17 Å². The van der Waals surface area contributed by atoms with Gasteiger partial charge >= 0.3 is 6.18 Å². The third-order valence-corrected chi connectivity index (χ3v) is 3.23. The molecule has 0 unspecified atom stereocenters. The van der Waals surface area contributed by atoms with Crippen LogP contribution in [0.3, 0.4) is 0 Å². The molecule has 0 spiro atoms. The smallest absolute Gasteiger partial charge is 0.348 e. The number of halogens is 3. The van der Waals surface area contributed by atoms with Gasteiger partial charge in [0.05, 0.1) is 5.56 Å². The minimum atomic E-state index is -4.24. The van der Waals surface area contributed by atoms with Gasteiger partial charge in [-0.05, 0) is 26.8 Å². The molecule has 1 aromatic heterocycles. The molecular formula is C12H17F3N2. The van der Waals surface area contributed by atoms with Crippen LogP contribution >= 0.6 is 0 Å². The SMILES string of the molecule is CC(C)(C)N1CCn2cc(C(F)(F)F)cc2C1. The minimum Gasteiger partial charge on any atom is -0.348 e. The summed E-state index contributed by atoms with van der Waals surface area (Å²) in [5, 5.41) is 0. The number of alkyl halides is 3. The number of hydrogen-bond acceptors (Lipinski definition) is 1. The molecule has 0 saturated carbocycles. The standard InChI is InChI=1S/C12H17F3N2/c1-11(2,3)17-5-4-16-7-9(12(13,14)15)6-10(16)8-17/h6-7H,4-5,8H2,1-3H3. The van der Waals surface area contributed by atoms with Crippen LogP contribution in [-0.2, 0) is 19.3 Å². The van der Waals surface area contributed by atoms with Crippen molar-refractivity contribution >= 4 is 0 Å². The molecule has 0 amide bonds. The predicted octanol–water partition coefficient (Wildman–Crippen LogP) is 3.12. The Bertz CT molecular complexity index is 412. The average molecular weight is 246 g/mol. The van der Waals surface area contributed by atoms with Crippen LogP contribution in [0.15, 0.2) is 12.3 Å². The summed E-state index contributed by atoms with van der Waals surface area (Å²) in [5.74, 6) is 0. The van der Waals surface area contributed by atoms with Crippen LogP contribution in [-0.4, -0.2) is 21.6 Å². The first kappa shape index (κ1) is 12.5. The lowest BCUT2D eigenvalue weighted by Crippen LogP contribution is -2.45. The zero-order valence-electron chi connectivity index (χ0n) is 10.3. The number of aromatic nitrogens is 1. The van der Waals surface area contributed by atoms with Crippen LogP contribution in [0.5, 0.6) is 0 Å². The van der Waals surface area contributed by atoms with E-state index in [0.717, 1.165) is 12.2 Å². The monoisotopic (exact) mass is 246 g/mol. The van der Waals surface area contributed by atoms with Gasteiger partial charge in [0.25, 0.3) is 0 Å². The fraction of sp³-hybridized carbons (Fsp3) is 0.667. The summed E-state index contributed by atoms with van der Waals surface area (Å²) in [5.41, 5.74) is 0.204. The maximum Gasteiger partial charge on any atom is 0.417 e. The molecule has 0 atom stereocenters. The second kappa shape index (κ2) is 3.77. The van der Waals surface area contributed by atoms with Gasteiger partial charge < -0.3 is 4.57 Å². The van der Waals surface area contributed by atoms with Gasteiger partial charge in [0.2, 0.25) is 0 Å². The Labute approximate surface area is 99.0 Å². The molecule has 0 saturated heterocycles. The van der Waals surface area contributed by atoms with Gasteiger partial charge in [0.1, 0.15) is 0 Å². The number of nitrogens with zero attached hydrogens (tertiary/aromatic N) is 2. The Morgan fingerprint density at radius 1 is 1.12 bits per heavy atom. The van der Waals surface area contributed by atoms with Crippen molar-refractivity contribution in [1.29, 1.82) is 0 Å². The Hall–Kier alpha value is -0.970. The molecule has 0 aromatic carbocycles. The van der Waals surface area contributed by atoms with Crippen molar-refractivity contribution < 1.29 is 13.2 Å². The van der Waals surface area contributed by atoms with E-state index in [1.807, 2.05) is 0 Å². The van der Waals surface area contributed by atoms with Gasteiger partial charge in [-0.25, -0.2) is 0 Å². The van der Waals surface area contributed by atoms with E-state index in [-0.39, 0.29) is 5.54 Å². The van der Waals surface area contributed by atoms with E-state index >= 15 is 0 Å². The van der Waals surface area contributed by atoms with E-state index in [0.29, 0.717) is 13.1 Å². The average Bonchev–Trinajstić information content (AvgIpc) is 2.57. The first-order valence-electron chi connectivity index (χ1n) is 5.69. The van der Waals surface area contributed by atoms with E-state index in [1.165, 1.54) is 12.3 Å². The third kappa shape index (κ3) is 2.49. The predicted molar refractivity (Wildman–Crippen MR) is 59.6 cm³/mol. The molecule has 2 nitrogen and oxygen atoms in total. The summed E-state index contributed by atoms with van der Waals surface area (Å²) in [6.45, 7) is 8.24. The molecule has 2 rings (SSSR count). The van der Waals surface area contributed by atoms with Crippen LogP contribution in [0.4, 0.5) is 13.2 Å². The molecule has 0 bridgehead atoms. The molecule has 1 aliphatic heterocycles. The van der Waals surface area contributed by atoms with Gasteiger partial charge in [-0.3, -0.25) is 4.90 Å². The van der Waals surface area contributed by atoms with Gasteiger partial charge in [0.15, 0.2) is 0 Å². The summed E-state index contributed by atoms with van der Waals surface area (Å²) in [4.78, 5) is 2.20. The van der Waals surface area contributed by atoms with Crippen LogP contribution in [0.1, 0.15) is 32.0 Å². The second-order valence-corrected chi connectivity index (χ2v) is 5.50. The Balaban J connectivity index is 2.25. The zero-order chi connectivity index (χ0) is 12.8. The quantitative estimate of drug-likeness (QED) is 0.682. The lowest BCUT2D eigenvalue weighted by atomic mass is 10.0. The Morgan fingerprint density at radius 3 is 2.29 bits per heavy atom. The molecule has 2 heterocycles.